The van der Waals surface area contributed by atoms with Crippen molar-refractivity contribution in [3.05, 3.63) is 0 Å². The second kappa shape index (κ2) is 4.52. The highest BCUT2D eigenvalue weighted by atomic mass is 32.2. The molecule has 0 amide bonds. The van der Waals surface area contributed by atoms with E-state index in [2.05, 4.69) is 0 Å². The zero-order chi connectivity index (χ0) is 13.5. The van der Waals surface area contributed by atoms with Gasteiger partial charge in [0.15, 0.2) is 0 Å². The molecular formula is C12H25NO3S. The van der Waals surface area contributed by atoms with Gasteiger partial charge in [-0.2, -0.15) is 4.31 Å². The molecule has 0 aromatic heterocycles. The highest BCUT2D eigenvalue weighted by Crippen LogP contribution is 2.56. The van der Waals surface area contributed by atoms with Crippen LogP contribution in [0.2, 0.25) is 0 Å². The summed E-state index contributed by atoms with van der Waals surface area (Å²) in [7, 11) is -1.75. The number of rotatable bonds is 5. The second-order valence-corrected chi connectivity index (χ2v) is 8.32. The maximum absolute atomic E-state index is 12.6. The van der Waals surface area contributed by atoms with Gasteiger partial charge >= 0.3 is 0 Å². The summed E-state index contributed by atoms with van der Waals surface area (Å²) in [5, 5.41) is 9.24. The minimum absolute atomic E-state index is 0.119. The van der Waals surface area contributed by atoms with E-state index in [1.54, 1.807) is 7.05 Å². The Labute approximate surface area is 105 Å². The third-order valence-electron chi connectivity index (χ3n) is 4.14. The fourth-order valence-corrected chi connectivity index (χ4v) is 5.03. The van der Waals surface area contributed by atoms with Crippen LogP contribution in [0.1, 0.15) is 47.0 Å². The Balaban J connectivity index is 3.05. The van der Waals surface area contributed by atoms with Gasteiger partial charge in [0.1, 0.15) is 0 Å². The largest absolute Gasteiger partial charge is 0.395 e. The molecule has 17 heavy (non-hydrogen) atoms. The van der Waals surface area contributed by atoms with Gasteiger partial charge in [-0.25, -0.2) is 8.42 Å². The SMILES string of the molecule is CCC(CO)N(C)S(=O)(=O)C1(C(C)(C)C)CC1. The Morgan fingerprint density at radius 1 is 1.35 bits per heavy atom. The normalized spacial score (nSPS) is 21.6. The smallest absolute Gasteiger partial charge is 0.220 e. The number of sulfonamides is 1. The summed E-state index contributed by atoms with van der Waals surface area (Å²) < 4.78 is 26.0. The Morgan fingerprint density at radius 2 is 1.82 bits per heavy atom. The van der Waals surface area contributed by atoms with Crippen LogP contribution < -0.4 is 0 Å². The number of aliphatic hydroxyl groups excluding tert-OH is 1. The lowest BCUT2D eigenvalue weighted by Crippen LogP contribution is -2.49. The molecule has 0 aromatic rings. The number of aliphatic hydroxyl groups is 1. The molecule has 5 heteroatoms. The van der Waals surface area contributed by atoms with Crippen LogP contribution in [0.3, 0.4) is 0 Å². The standard InChI is InChI=1S/C12H25NO3S/c1-6-10(9-14)13(5)17(15,16)12(7-8-12)11(2,3)4/h10,14H,6-9H2,1-5H3. The molecule has 1 aliphatic carbocycles. The van der Waals surface area contributed by atoms with Crippen molar-refractivity contribution in [3.8, 4) is 0 Å². The van der Waals surface area contributed by atoms with Crippen LogP contribution in [-0.4, -0.2) is 42.3 Å². The van der Waals surface area contributed by atoms with Gasteiger partial charge in [-0.05, 0) is 24.7 Å². The summed E-state index contributed by atoms with van der Waals surface area (Å²) in [5.74, 6) is 0. The van der Waals surface area contributed by atoms with E-state index in [-0.39, 0.29) is 18.1 Å². The van der Waals surface area contributed by atoms with Crippen molar-refractivity contribution < 1.29 is 13.5 Å². The summed E-state index contributed by atoms with van der Waals surface area (Å²) in [6.07, 6.45) is 2.09. The Hall–Kier alpha value is -0.130. The monoisotopic (exact) mass is 263 g/mol. The minimum atomic E-state index is -3.34. The Bertz CT molecular complexity index is 362. The van der Waals surface area contributed by atoms with E-state index < -0.39 is 14.8 Å². The van der Waals surface area contributed by atoms with Crippen molar-refractivity contribution in [2.24, 2.45) is 5.41 Å². The second-order valence-electron chi connectivity index (χ2n) is 6.01. The summed E-state index contributed by atoms with van der Waals surface area (Å²) in [4.78, 5) is 0. The summed E-state index contributed by atoms with van der Waals surface area (Å²) in [5.41, 5.74) is -0.256. The number of hydrogen-bond acceptors (Lipinski definition) is 3. The lowest BCUT2D eigenvalue weighted by atomic mass is 9.90. The molecule has 0 aliphatic heterocycles. The van der Waals surface area contributed by atoms with E-state index in [9.17, 15) is 13.5 Å². The van der Waals surface area contributed by atoms with Crippen LogP contribution in [0.4, 0.5) is 0 Å². The average molecular weight is 263 g/mol. The molecule has 1 atom stereocenters. The predicted octanol–water partition coefficient (Wildman–Crippen LogP) is 1.60. The summed E-state index contributed by atoms with van der Waals surface area (Å²) >= 11 is 0. The van der Waals surface area contributed by atoms with Crippen molar-refractivity contribution in [1.82, 2.24) is 4.31 Å². The van der Waals surface area contributed by atoms with Gasteiger partial charge in [0.25, 0.3) is 0 Å². The number of hydrogen-bond donors (Lipinski definition) is 1. The van der Waals surface area contributed by atoms with Gasteiger partial charge in [0, 0.05) is 13.1 Å². The first-order valence-electron chi connectivity index (χ1n) is 6.22. The van der Waals surface area contributed by atoms with Crippen LogP contribution in [-0.2, 0) is 10.0 Å². The van der Waals surface area contributed by atoms with Crippen molar-refractivity contribution in [2.45, 2.75) is 57.7 Å². The molecule has 0 spiro atoms. The van der Waals surface area contributed by atoms with E-state index in [1.165, 1.54) is 4.31 Å². The third kappa shape index (κ3) is 2.25. The zero-order valence-corrected chi connectivity index (χ0v) is 12.3. The van der Waals surface area contributed by atoms with E-state index in [4.69, 9.17) is 0 Å². The van der Waals surface area contributed by atoms with Gasteiger partial charge in [0.05, 0.1) is 11.4 Å². The Morgan fingerprint density at radius 3 is 2.06 bits per heavy atom. The van der Waals surface area contributed by atoms with Gasteiger partial charge in [-0.15, -0.1) is 0 Å². The minimum Gasteiger partial charge on any atom is -0.395 e. The highest BCUT2D eigenvalue weighted by molar-refractivity contribution is 7.90. The predicted molar refractivity (Wildman–Crippen MR) is 69.3 cm³/mol. The lowest BCUT2D eigenvalue weighted by Gasteiger charge is -2.36. The molecule has 0 bridgehead atoms. The molecule has 0 aromatic carbocycles. The maximum atomic E-state index is 12.6. The lowest BCUT2D eigenvalue weighted by molar-refractivity contribution is 0.194. The zero-order valence-electron chi connectivity index (χ0n) is 11.5. The molecule has 1 aliphatic rings. The molecule has 1 N–H and O–H groups in total. The van der Waals surface area contributed by atoms with Gasteiger partial charge in [-0.1, -0.05) is 27.7 Å². The molecule has 0 heterocycles. The fourth-order valence-electron chi connectivity index (χ4n) is 2.48. The topological polar surface area (TPSA) is 57.6 Å². The van der Waals surface area contributed by atoms with Gasteiger partial charge in [0.2, 0.25) is 10.0 Å². The van der Waals surface area contributed by atoms with E-state index in [1.807, 2.05) is 27.7 Å². The van der Waals surface area contributed by atoms with Crippen molar-refractivity contribution in [3.63, 3.8) is 0 Å². The van der Waals surface area contributed by atoms with E-state index in [0.29, 0.717) is 6.42 Å². The van der Waals surface area contributed by atoms with Crippen LogP contribution >= 0.6 is 0 Å². The average Bonchev–Trinajstić information content (AvgIpc) is 2.98. The molecule has 1 unspecified atom stereocenters. The van der Waals surface area contributed by atoms with Crippen LogP contribution in [0, 0.1) is 5.41 Å². The highest BCUT2D eigenvalue weighted by Gasteiger charge is 2.63. The van der Waals surface area contributed by atoms with E-state index >= 15 is 0 Å². The molecule has 1 saturated carbocycles. The first-order valence-corrected chi connectivity index (χ1v) is 7.66. The summed E-state index contributed by atoms with van der Waals surface area (Å²) in [6.45, 7) is 7.71. The van der Waals surface area contributed by atoms with Crippen molar-refractivity contribution >= 4 is 10.0 Å². The molecular weight excluding hydrogens is 238 g/mol. The summed E-state index contributed by atoms with van der Waals surface area (Å²) in [6, 6.07) is -0.306. The van der Waals surface area contributed by atoms with Crippen molar-refractivity contribution in [1.29, 1.82) is 0 Å². The molecule has 1 rings (SSSR count). The molecule has 1 fully saturated rings. The maximum Gasteiger partial charge on any atom is 0.220 e. The van der Waals surface area contributed by atoms with Gasteiger partial charge in [-0.3, -0.25) is 0 Å². The number of nitrogens with zero attached hydrogens (tertiary/aromatic N) is 1. The molecule has 0 saturated heterocycles. The quantitative estimate of drug-likeness (QED) is 0.819. The number of likely N-dealkylation sites (N-methyl/N-ethyl adjacent to an activating group) is 1. The van der Waals surface area contributed by atoms with Crippen molar-refractivity contribution in [2.75, 3.05) is 13.7 Å². The van der Waals surface area contributed by atoms with Crippen LogP contribution in [0.15, 0.2) is 0 Å². The molecule has 0 radical (unpaired) electrons. The third-order valence-corrected chi connectivity index (χ3v) is 7.20. The molecule has 102 valence electrons. The molecule has 4 nitrogen and oxygen atoms in total. The first kappa shape index (κ1) is 14.9. The van der Waals surface area contributed by atoms with Crippen LogP contribution in [0.5, 0.6) is 0 Å². The van der Waals surface area contributed by atoms with Crippen LogP contribution in [0.25, 0.3) is 0 Å². The first-order chi connectivity index (χ1) is 7.64. The Kier molecular flexibility index (Phi) is 3.97. The van der Waals surface area contributed by atoms with E-state index in [0.717, 1.165) is 12.8 Å². The van der Waals surface area contributed by atoms with Gasteiger partial charge < -0.3 is 5.11 Å². The fraction of sp³-hybridized carbons (Fsp3) is 1.00.